The van der Waals surface area contributed by atoms with Gasteiger partial charge in [-0.15, -0.1) is 0 Å². The molecule has 6 heteroatoms. The van der Waals surface area contributed by atoms with Crippen LogP contribution in [0.2, 0.25) is 0 Å². The molecule has 0 aromatic carbocycles. The van der Waals surface area contributed by atoms with Gasteiger partial charge in [0.15, 0.2) is 0 Å². The molecule has 1 N–H and O–H groups in total. The summed E-state index contributed by atoms with van der Waals surface area (Å²) < 4.78 is 34.4. The topological polar surface area (TPSA) is 77.4 Å². The normalized spacial score (nSPS) is 13.9. The fourth-order valence-electron chi connectivity index (χ4n) is 3.65. The molecule has 0 aromatic rings. The van der Waals surface area contributed by atoms with Crippen LogP contribution < -0.4 is 29.6 Å². The fourth-order valence-corrected chi connectivity index (χ4v) is 4.56. The second-order valence-electron chi connectivity index (χ2n) is 8.17. The third-order valence-electron chi connectivity index (χ3n) is 5.49. The van der Waals surface area contributed by atoms with Crippen LogP contribution >= 0.6 is 0 Å². The van der Waals surface area contributed by atoms with Crippen molar-refractivity contribution in [2.45, 2.75) is 141 Å². The smallest absolute Gasteiger partial charge is 0.748 e. The Morgan fingerprint density at radius 3 is 1.46 bits per heavy atom. The van der Waals surface area contributed by atoms with Gasteiger partial charge in [-0.25, -0.2) is 8.42 Å². The minimum absolute atomic E-state index is 0. The maximum absolute atomic E-state index is 11.5. The zero-order valence-corrected chi connectivity index (χ0v) is 21.8. The monoisotopic (exact) mass is 428 g/mol. The van der Waals surface area contributed by atoms with Gasteiger partial charge in [0.05, 0.1) is 16.2 Å². The third kappa shape index (κ3) is 20.2. The summed E-state index contributed by atoms with van der Waals surface area (Å²) in [6.07, 6.45) is 17.7. The summed E-state index contributed by atoms with van der Waals surface area (Å²) in [7, 11) is -4.22. The largest absolute Gasteiger partial charge is 1.00 e. The van der Waals surface area contributed by atoms with Crippen molar-refractivity contribution in [2.75, 3.05) is 0 Å². The summed E-state index contributed by atoms with van der Waals surface area (Å²) in [4.78, 5) is 0. The fraction of sp³-hybridized carbons (Fsp3) is 1.00. The Bertz CT molecular complexity index is 415. The molecule has 28 heavy (non-hydrogen) atoms. The van der Waals surface area contributed by atoms with Crippen molar-refractivity contribution < 1.29 is 47.6 Å². The quantitative estimate of drug-likeness (QED) is 0.183. The van der Waals surface area contributed by atoms with E-state index in [1.54, 1.807) is 0 Å². The number of rotatable bonds is 20. The number of hydrogen-bond donors (Lipinski definition) is 1. The maximum atomic E-state index is 11.5. The van der Waals surface area contributed by atoms with Crippen molar-refractivity contribution >= 4 is 10.1 Å². The van der Waals surface area contributed by atoms with E-state index in [0.29, 0.717) is 25.7 Å². The Morgan fingerprint density at radius 2 is 1.00 bits per heavy atom. The van der Waals surface area contributed by atoms with Gasteiger partial charge in [0.2, 0.25) is 0 Å². The Morgan fingerprint density at radius 1 is 0.643 bits per heavy atom. The number of aliphatic hydroxyl groups excluding tert-OH is 1. The maximum Gasteiger partial charge on any atom is 1.00 e. The summed E-state index contributed by atoms with van der Waals surface area (Å²) in [5.41, 5.74) is 0. The van der Waals surface area contributed by atoms with Gasteiger partial charge in [-0.1, -0.05) is 97.3 Å². The molecule has 4 nitrogen and oxygen atoms in total. The van der Waals surface area contributed by atoms with E-state index < -0.39 is 15.4 Å². The van der Waals surface area contributed by atoms with Gasteiger partial charge in [-0.2, -0.15) is 0 Å². The van der Waals surface area contributed by atoms with Gasteiger partial charge < -0.3 is 9.66 Å². The SMILES string of the molecule is CCCCCCCCCC(O)CCCC(CCCCCCCC)S(=O)(=O)[O-].[Na+]. The number of hydrogen-bond acceptors (Lipinski definition) is 4. The van der Waals surface area contributed by atoms with Crippen LogP contribution in [0.4, 0.5) is 0 Å². The zero-order valence-electron chi connectivity index (χ0n) is 19.0. The zero-order chi connectivity index (χ0) is 20.4. The van der Waals surface area contributed by atoms with Crippen LogP contribution in [0.5, 0.6) is 0 Å². The first-order valence-electron chi connectivity index (χ1n) is 11.5. The van der Waals surface area contributed by atoms with E-state index in [-0.39, 0.29) is 35.7 Å². The summed E-state index contributed by atoms with van der Waals surface area (Å²) >= 11 is 0. The van der Waals surface area contributed by atoms with Crippen molar-refractivity contribution in [2.24, 2.45) is 0 Å². The van der Waals surface area contributed by atoms with E-state index in [1.807, 2.05) is 0 Å². The molecule has 0 saturated heterocycles. The molecule has 0 radical (unpaired) electrons. The van der Waals surface area contributed by atoms with Gasteiger partial charge in [-0.3, -0.25) is 0 Å². The van der Waals surface area contributed by atoms with E-state index in [1.165, 1.54) is 51.4 Å². The van der Waals surface area contributed by atoms with Crippen LogP contribution in [-0.2, 0) is 10.1 Å². The van der Waals surface area contributed by atoms with E-state index >= 15 is 0 Å². The Hall–Kier alpha value is 0.870. The van der Waals surface area contributed by atoms with Crippen LogP contribution in [0.1, 0.15) is 129 Å². The van der Waals surface area contributed by atoms with Crippen molar-refractivity contribution in [3.05, 3.63) is 0 Å². The van der Waals surface area contributed by atoms with Crippen LogP contribution in [0.15, 0.2) is 0 Å². The van der Waals surface area contributed by atoms with Crippen molar-refractivity contribution in [3.8, 4) is 0 Å². The van der Waals surface area contributed by atoms with Crippen LogP contribution in [-0.4, -0.2) is 29.4 Å². The Balaban J connectivity index is 0. The molecule has 0 aromatic heterocycles. The summed E-state index contributed by atoms with van der Waals surface area (Å²) in [6.45, 7) is 4.38. The minimum Gasteiger partial charge on any atom is -0.748 e. The van der Waals surface area contributed by atoms with Crippen molar-refractivity contribution in [1.82, 2.24) is 0 Å². The summed E-state index contributed by atoms with van der Waals surface area (Å²) in [6, 6.07) is 0. The van der Waals surface area contributed by atoms with Crippen LogP contribution in [0.25, 0.3) is 0 Å². The van der Waals surface area contributed by atoms with Gasteiger partial charge in [0.1, 0.15) is 0 Å². The standard InChI is InChI=1S/C22H46O4S.Na/c1-3-5-7-9-11-12-14-17-21(23)18-16-20-22(27(24,25)26)19-15-13-10-8-6-4-2;/h21-23H,3-20H2,1-2H3,(H,24,25,26);/q;+1/p-1. The van der Waals surface area contributed by atoms with Gasteiger partial charge >= 0.3 is 29.6 Å². The molecule has 164 valence electrons. The van der Waals surface area contributed by atoms with Crippen molar-refractivity contribution in [1.29, 1.82) is 0 Å². The molecule has 0 amide bonds. The van der Waals surface area contributed by atoms with E-state index in [9.17, 15) is 18.1 Å². The second kappa shape index (κ2) is 21.1. The van der Waals surface area contributed by atoms with Gasteiger partial charge in [0, 0.05) is 5.25 Å². The molecule has 0 aliphatic carbocycles. The first-order valence-corrected chi connectivity index (χ1v) is 13.0. The molecule has 2 atom stereocenters. The first-order chi connectivity index (χ1) is 12.9. The number of unbranched alkanes of at least 4 members (excludes halogenated alkanes) is 11. The van der Waals surface area contributed by atoms with Gasteiger partial charge in [-0.05, 0) is 32.1 Å². The molecule has 0 aliphatic rings. The molecule has 0 heterocycles. The molecular weight excluding hydrogens is 383 g/mol. The minimum atomic E-state index is -4.22. The van der Waals surface area contributed by atoms with Crippen LogP contribution in [0.3, 0.4) is 0 Å². The predicted molar refractivity (Wildman–Crippen MR) is 114 cm³/mol. The molecule has 0 fully saturated rings. The molecule has 0 spiro atoms. The Labute approximate surface area is 197 Å². The molecule has 0 aliphatic heterocycles. The van der Waals surface area contributed by atoms with Crippen LogP contribution in [0, 0.1) is 0 Å². The molecule has 0 rings (SSSR count). The number of aliphatic hydroxyl groups is 1. The average Bonchev–Trinajstić information content (AvgIpc) is 2.61. The molecule has 0 bridgehead atoms. The van der Waals surface area contributed by atoms with E-state index in [2.05, 4.69) is 13.8 Å². The Kier molecular flexibility index (Phi) is 23.4. The molecule has 2 unspecified atom stereocenters. The molecule has 0 saturated carbocycles. The third-order valence-corrected chi connectivity index (χ3v) is 6.78. The van der Waals surface area contributed by atoms with E-state index in [4.69, 9.17) is 0 Å². The van der Waals surface area contributed by atoms with Crippen molar-refractivity contribution in [3.63, 3.8) is 0 Å². The predicted octanol–water partition coefficient (Wildman–Crippen LogP) is 3.33. The average molecular weight is 429 g/mol. The first kappa shape index (κ1) is 31.1. The van der Waals surface area contributed by atoms with Gasteiger partial charge in [0.25, 0.3) is 0 Å². The van der Waals surface area contributed by atoms with E-state index in [0.717, 1.165) is 38.5 Å². The molecular formula is C22H45NaO4S. The summed E-state index contributed by atoms with van der Waals surface area (Å²) in [5.74, 6) is 0. The summed E-state index contributed by atoms with van der Waals surface area (Å²) in [5, 5.41) is 9.31. The second-order valence-corrected chi connectivity index (χ2v) is 9.82.